The lowest BCUT2D eigenvalue weighted by atomic mass is 10.3. The van der Waals surface area contributed by atoms with Gasteiger partial charge in [0.25, 0.3) is 0 Å². The summed E-state index contributed by atoms with van der Waals surface area (Å²) in [5, 5.41) is 0. The first kappa shape index (κ1) is 16.7. The van der Waals surface area contributed by atoms with E-state index in [1.807, 2.05) is 0 Å². The number of hydrogen-bond acceptors (Lipinski definition) is 3. The van der Waals surface area contributed by atoms with Gasteiger partial charge in [-0.3, -0.25) is 4.21 Å². The molecule has 0 amide bonds. The van der Waals surface area contributed by atoms with Crippen molar-refractivity contribution in [3.63, 3.8) is 0 Å². The molecule has 1 N–H and O–H groups in total. The minimum Gasteiger partial charge on any atom is -0.260 e. The highest BCUT2D eigenvalue weighted by Crippen LogP contribution is 2.19. The summed E-state index contributed by atoms with van der Waals surface area (Å²) in [4.78, 5) is -0.127. The Labute approximate surface area is 123 Å². The second kappa shape index (κ2) is 6.92. The molecule has 0 heterocycles. The minimum atomic E-state index is -3.76. The highest BCUT2D eigenvalue weighted by atomic mass is 79.9. The summed E-state index contributed by atoms with van der Waals surface area (Å²) >= 11 is 2.96. The van der Waals surface area contributed by atoms with Gasteiger partial charge in [-0.1, -0.05) is 0 Å². The van der Waals surface area contributed by atoms with E-state index >= 15 is 0 Å². The van der Waals surface area contributed by atoms with Gasteiger partial charge in [0.05, 0.1) is 9.37 Å². The van der Waals surface area contributed by atoms with Crippen molar-refractivity contribution in [2.45, 2.75) is 24.3 Å². The molecule has 8 heteroatoms. The molecule has 0 radical (unpaired) electrons. The van der Waals surface area contributed by atoms with E-state index in [1.165, 1.54) is 12.1 Å². The molecule has 0 aliphatic rings. The largest absolute Gasteiger partial charge is 0.260 e. The molecule has 108 valence electrons. The number of benzene rings is 1. The fraction of sp³-hybridized carbons (Fsp3) is 0.455. The second-order valence-electron chi connectivity index (χ2n) is 4.16. The van der Waals surface area contributed by atoms with Gasteiger partial charge in [0.2, 0.25) is 10.0 Å². The molecule has 4 nitrogen and oxygen atoms in total. The molecule has 0 saturated carbocycles. The first-order valence-electron chi connectivity index (χ1n) is 5.50. The Balaban J connectivity index is 2.80. The fourth-order valence-electron chi connectivity index (χ4n) is 1.38. The number of rotatable bonds is 6. The molecular weight excluding hydrogens is 357 g/mol. The van der Waals surface area contributed by atoms with E-state index in [4.69, 9.17) is 0 Å². The van der Waals surface area contributed by atoms with Gasteiger partial charge in [-0.25, -0.2) is 17.5 Å². The monoisotopic (exact) mass is 371 g/mol. The van der Waals surface area contributed by atoms with Gasteiger partial charge in [0.1, 0.15) is 5.82 Å². The van der Waals surface area contributed by atoms with Crippen LogP contribution in [-0.4, -0.2) is 30.7 Å². The van der Waals surface area contributed by atoms with Crippen LogP contribution in [0.5, 0.6) is 0 Å². The smallest absolute Gasteiger partial charge is 0.240 e. The third-order valence-corrected chi connectivity index (χ3v) is 5.44. The Morgan fingerprint density at radius 3 is 2.63 bits per heavy atom. The number of sulfonamides is 1. The first-order chi connectivity index (χ1) is 8.72. The van der Waals surface area contributed by atoms with Crippen molar-refractivity contribution in [2.75, 3.05) is 12.0 Å². The highest BCUT2D eigenvalue weighted by Gasteiger charge is 2.18. The summed E-state index contributed by atoms with van der Waals surface area (Å²) in [5.41, 5.74) is 0. The van der Waals surface area contributed by atoms with Crippen molar-refractivity contribution < 1.29 is 17.0 Å². The predicted octanol–water partition coefficient (Wildman–Crippen LogP) is 2.02. The molecule has 1 rings (SSSR count). The summed E-state index contributed by atoms with van der Waals surface area (Å²) in [5.74, 6) is -0.219. The Morgan fingerprint density at radius 1 is 1.47 bits per heavy atom. The minimum absolute atomic E-state index is 0.127. The van der Waals surface area contributed by atoms with Gasteiger partial charge >= 0.3 is 0 Å². The Morgan fingerprint density at radius 2 is 2.11 bits per heavy atom. The van der Waals surface area contributed by atoms with Crippen LogP contribution in [0, 0.1) is 5.82 Å². The lowest BCUT2D eigenvalue weighted by Gasteiger charge is -2.13. The zero-order chi connectivity index (χ0) is 14.6. The van der Waals surface area contributed by atoms with Gasteiger partial charge in [0.15, 0.2) is 0 Å². The average molecular weight is 372 g/mol. The van der Waals surface area contributed by atoms with E-state index in [1.54, 1.807) is 13.2 Å². The summed E-state index contributed by atoms with van der Waals surface area (Å²) in [7, 11) is -4.72. The average Bonchev–Trinajstić information content (AvgIpc) is 2.29. The molecule has 19 heavy (non-hydrogen) atoms. The third kappa shape index (κ3) is 5.29. The van der Waals surface area contributed by atoms with Crippen LogP contribution in [0.4, 0.5) is 4.39 Å². The normalized spacial score (nSPS) is 15.2. The van der Waals surface area contributed by atoms with Crippen LogP contribution in [-0.2, 0) is 20.8 Å². The zero-order valence-corrected chi connectivity index (χ0v) is 13.7. The zero-order valence-electron chi connectivity index (χ0n) is 10.5. The van der Waals surface area contributed by atoms with Crippen molar-refractivity contribution >= 4 is 36.8 Å². The molecule has 1 aromatic carbocycles. The fourth-order valence-corrected chi connectivity index (χ4v) is 3.60. The maximum Gasteiger partial charge on any atom is 0.240 e. The topological polar surface area (TPSA) is 63.2 Å². The number of halogens is 2. The Hall–Kier alpha value is -0.310. The van der Waals surface area contributed by atoms with Crippen LogP contribution in [0.25, 0.3) is 0 Å². The molecule has 2 atom stereocenters. The van der Waals surface area contributed by atoms with Crippen LogP contribution < -0.4 is 4.72 Å². The second-order valence-corrected chi connectivity index (χ2v) is 8.29. The van der Waals surface area contributed by atoms with E-state index in [-0.39, 0.29) is 15.4 Å². The lowest BCUT2D eigenvalue weighted by Crippen LogP contribution is -2.33. The van der Waals surface area contributed by atoms with Crippen molar-refractivity contribution in [1.29, 1.82) is 0 Å². The Kier molecular flexibility index (Phi) is 6.10. The summed E-state index contributed by atoms with van der Waals surface area (Å²) in [6.07, 6.45) is 2.02. The van der Waals surface area contributed by atoms with Crippen LogP contribution in [0.15, 0.2) is 27.6 Å². The van der Waals surface area contributed by atoms with Gasteiger partial charge in [-0.05, 0) is 47.5 Å². The van der Waals surface area contributed by atoms with Crippen LogP contribution in [0.2, 0.25) is 0 Å². The summed E-state index contributed by atoms with van der Waals surface area (Å²) in [6, 6.07) is 3.26. The molecule has 0 aromatic heterocycles. The molecule has 0 aliphatic carbocycles. The van der Waals surface area contributed by atoms with E-state index in [2.05, 4.69) is 20.7 Å². The van der Waals surface area contributed by atoms with Crippen molar-refractivity contribution in [2.24, 2.45) is 0 Å². The van der Waals surface area contributed by atoms with Crippen molar-refractivity contribution in [3.8, 4) is 0 Å². The molecule has 0 fully saturated rings. The molecular formula is C11H15BrFNO3S2. The number of hydrogen-bond donors (Lipinski definition) is 1. The molecule has 2 unspecified atom stereocenters. The maximum atomic E-state index is 13.3. The highest BCUT2D eigenvalue weighted by molar-refractivity contribution is 9.10. The SMILES string of the molecule is CC(CCS(C)=O)NS(=O)(=O)c1ccc(Br)c(F)c1. The predicted molar refractivity (Wildman–Crippen MR) is 77.4 cm³/mol. The van der Waals surface area contributed by atoms with Crippen LogP contribution >= 0.6 is 15.9 Å². The number of nitrogens with one attached hydrogen (secondary N) is 1. The molecule has 0 saturated heterocycles. The van der Waals surface area contributed by atoms with Gasteiger partial charge in [-0.2, -0.15) is 0 Å². The van der Waals surface area contributed by atoms with E-state index in [0.29, 0.717) is 12.2 Å². The molecule has 1 aromatic rings. The molecule has 0 spiro atoms. The molecule has 0 aliphatic heterocycles. The van der Waals surface area contributed by atoms with Crippen LogP contribution in [0.3, 0.4) is 0 Å². The first-order valence-corrected chi connectivity index (χ1v) is 9.50. The van der Waals surface area contributed by atoms with E-state index in [0.717, 1.165) is 6.07 Å². The van der Waals surface area contributed by atoms with Crippen LogP contribution in [0.1, 0.15) is 13.3 Å². The standard InChI is InChI=1S/C11H15BrFNO3S2/c1-8(5-6-18(2)15)14-19(16,17)9-3-4-10(12)11(13)7-9/h3-4,7-8,14H,5-6H2,1-2H3. The summed E-state index contributed by atoms with van der Waals surface area (Å²) < 4.78 is 50.9. The van der Waals surface area contributed by atoms with Crippen molar-refractivity contribution in [3.05, 3.63) is 28.5 Å². The van der Waals surface area contributed by atoms with Gasteiger partial charge in [0, 0.05) is 28.9 Å². The maximum absolute atomic E-state index is 13.3. The van der Waals surface area contributed by atoms with Crippen molar-refractivity contribution in [1.82, 2.24) is 4.72 Å². The Bertz CT molecular complexity index is 577. The molecule has 0 bridgehead atoms. The van der Waals surface area contributed by atoms with Gasteiger partial charge in [-0.15, -0.1) is 0 Å². The van der Waals surface area contributed by atoms with Gasteiger partial charge < -0.3 is 0 Å². The quantitative estimate of drug-likeness (QED) is 0.831. The van der Waals surface area contributed by atoms with E-state index in [9.17, 15) is 17.0 Å². The lowest BCUT2D eigenvalue weighted by molar-refractivity contribution is 0.553. The third-order valence-electron chi connectivity index (χ3n) is 2.40. The summed E-state index contributed by atoms with van der Waals surface area (Å²) in [6.45, 7) is 1.68. The van der Waals surface area contributed by atoms with E-state index < -0.39 is 26.6 Å².